The molecular formula is C25H28N4O2S. The van der Waals surface area contributed by atoms with E-state index in [1.54, 1.807) is 6.20 Å². The monoisotopic (exact) mass is 448 g/mol. The molecule has 7 heteroatoms. The van der Waals surface area contributed by atoms with Gasteiger partial charge in [-0.15, -0.1) is 0 Å². The molecule has 32 heavy (non-hydrogen) atoms. The summed E-state index contributed by atoms with van der Waals surface area (Å²) in [4.78, 5) is 31.5. The van der Waals surface area contributed by atoms with Crippen molar-refractivity contribution in [1.29, 1.82) is 0 Å². The van der Waals surface area contributed by atoms with Crippen molar-refractivity contribution in [1.82, 2.24) is 19.8 Å². The molecule has 1 fully saturated rings. The largest absolute Gasteiger partial charge is 0.349 e. The number of aromatic nitrogens is 2. The second kappa shape index (κ2) is 10.0. The van der Waals surface area contributed by atoms with Crippen molar-refractivity contribution in [2.45, 2.75) is 37.9 Å². The first-order valence-electron chi connectivity index (χ1n) is 10.9. The molecule has 0 bridgehead atoms. The Morgan fingerprint density at radius 1 is 1.06 bits per heavy atom. The highest BCUT2D eigenvalue weighted by Crippen LogP contribution is 2.23. The number of hydrogen-bond donors (Lipinski definition) is 1. The minimum absolute atomic E-state index is 0.0517. The topological polar surface area (TPSA) is 67.2 Å². The number of carbonyl (C=O) groups excluding carboxylic acids is 2. The fourth-order valence-electron chi connectivity index (χ4n) is 4.03. The summed E-state index contributed by atoms with van der Waals surface area (Å²) in [6.07, 6.45) is 5.24. The van der Waals surface area contributed by atoms with Crippen LogP contribution in [-0.4, -0.2) is 51.1 Å². The Kier molecular flexibility index (Phi) is 6.95. The number of nitrogens with one attached hydrogen (secondary N) is 1. The first-order valence-corrected chi connectivity index (χ1v) is 11.9. The molecule has 0 saturated carbocycles. The second-order valence-corrected chi connectivity index (χ2v) is 9.15. The summed E-state index contributed by atoms with van der Waals surface area (Å²) in [5.41, 5.74) is 4.12. The van der Waals surface area contributed by atoms with Crippen LogP contribution in [0.3, 0.4) is 0 Å². The van der Waals surface area contributed by atoms with E-state index >= 15 is 0 Å². The molecular weight excluding hydrogens is 420 g/mol. The number of likely N-dealkylation sites (tertiary alicyclic amines) is 1. The summed E-state index contributed by atoms with van der Waals surface area (Å²) in [5.74, 6) is 0.407. The van der Waals surface area contributed by atoms with Gasteiger partial charge in [0.2, 0.25) is 5.91 Å². The van der Waals surface area contributed by atoms with Crippen molar-refractivity contribution in [2.75, 3.05) is 18.8 Å². The number of nitrogens with zero attached hydrogens (tertiary/aromatic N) is 3. The van der Waals surface area contributed by atoms with Gasteiger partial charge in [-0.2, -0.15) is 0 Å². The summed E-state index contributed by atoms with van der Waals surface area (Å²) >= 11 is 1.46. The van der Waals surface area contributed by atoms with E-state index in [1.165, 1.54) is 22.9 Å². The first-order chi connectivity index (χ1) is 15.5. The van der Waals surface area contributed by atoms with Gasteiger partial charge < -0.3 is 10.2 Å². The van der Waals surface area contributed by atoms with Crippen molar-refractivity contribution >= 4 is 23.6 Å². The number of imidazole rings is 1. The molecule has 0 aliphatic carbocycles. The number of thioether (sulfide) groups is 1. The zero-order chi connectivity index (χ0) is 22.5. The number of benzene rings is 2. The predicted molar refractivity (Wildman–Crippen MR) is 127 cm³/mol. The van der Waals surface area contributed by atoms with Crippen molar-refractivity contribution in [2.24, 2.45) is 0 Å². The van der Waals surface area contributed by atoms with Gasteiger partial charge in [-0.25, -0.2) is 4.98 Å². The summed E-state index contributed by atoms with van der Waals surface area (Å²) in [7, 11) is 0. The van der Waals surface area contributed by atoms with E-state index in [2.05, 4.69) is 42.3 Å². The highest BCUT2D eigenvalue weighted by atomic mass is 32.2. The van der Waals surface area contributed by atoms with Crippen LogP contribution in [0.2, 0.25) is 0 Å². The summed E-state index contributed by atoms with van der Waals surface area (Å²) in [6, 6.07) is 15.7. The molecule has 6 nitrogen and oxygen atoms in total. The lowest BCUT2D eigenvalue weighted by Crippen LogP contribution is -2.47. The van der Waals surface area contributed by atoms with Gasteiger partial charge >= 0.3 is 0 Å². The van der Waals surface area contributed by atoms with Crippen LogP contribution in [0.25, 0.3) is 5.69 Å². The van der Waals surface area contributed by atoms with Gasteiger partial charge in [0, 0.05) is 42.8 Å². The highest BCUT2D eigenvalue weighted by Gasteiger charge is 2.24. The van der Waals surface area contributed by atoms with Crippen molar-refractivity contribution in [3.05, 3.63) is 77.6 Å². The fourth-order valence-corrected chi connectivity index (χ4v) is 4.91. The van der Waals surface area contributed by atoms with Gasteiger partial charge in [0.15, 0.2) is 5.16 Å². The van der Waals surface area contributed by atoms with E-state index in [4.69, 9.17) is 0 Å². The average molecular weight is 449 g/mol. The minimum atomic E-state index is -0.0517. The molecule has 1 aliphatic heterocycles. The number of rotatable bonds is 6. The van der Waals surface area contributed by atoms with Crippen LogP contribution in [0, 0.1) is 13.8 Å². The van der Waals surface area contributed by atoms with Gasteiger partial charge in [-0.05, 0) is 62.1 Å². The van der Waals surface area contributed by atoms with Gasteiger partial charge in [-0.1, -0.05) is 36.0 Å². The predicted octanol–water partition coefficient (Wildman–Crippen LogP) is 4.00. The first kappa shape index (κ1) is 22.1. The quantitative estimate of drug-likeness (QED) is 0.579. The Hall–Kier alpha value is -3.06. The standard InChI is InChI=1S/C25H28N4O2S/c1-18-14-19(2)16-22(15-18)29-13-10-26-25(29)32-17-23(30)28-11-8-21(9-12-28)27-24(31)20-6-4-3-5-7-20/h3-7,10,13-16,21H,8-9,11-12,17H2,1-2H3,(H,27,31). The van der Waals surface area contributed by atoms with Crippen molar-refractivity contribution in [3.8, 4) is 5.69 Å². The number of aryl methyl sites for hydroxylation is 2. The Morgan fingerprint density at radius 2 is 1.75 bits per heavy atom. The maximum atomic E-state index is 12.8. The van der Waals surface area contributed by atoms with E-state index < -0.39 is 0 Å². The lowest BCUT2D eigenvalue weighted by Gasteiger charge is -2.32. The van der Waals surface area contributed by atoms with Gasteiger partial charge in [0.1, 0.15) is 0 Å². The molecule has 3 aromatic rings. The normalized spacial score (nSPS) is 14.4. The van der Waals surface area contributed by atoms with E-state index in [0.29, 0.717) is 24.4 Å². The van der Waals surface area contributed by atoms with Gasteiger partial charge in [-0.3, -0.25) is 14.2 Å². The van der Waals surface area contributed by atoms with E-state index in [1.807, 2.05) is 46.0 Å². The summed E-state index contributed by atoms with van der Waals surface area (Å²) in [6.45, 7) is 5.47. The molecule has 2 aromatic carbocycles. The fraction of sp³-hybridized carbons (Fsp3) is 0.320. The molecule has 2 amide bonds. The summed E-state index contributed by atoms with van der Waals surface area (Å²) < 4.78 is 2.03. The molecule has 0 atom stereocenters. The Balaban J connectivity index is 1.28. The Bertz CT molecular complexity index is 1070. The van der Waals surface area contributed by atoms with E-state index in [9.17, 15) is 9.59 Å². The third-order valence-electron chi connectivity index (χ3n) is 5.64. The van der Waals surface area contributed by atoms with Gasteiger partial charge in [0.25, 0.3) is 5.91 Å². The maximum absolute atomic E-state index is 12.8. The zero-order valence-electron chi connectivity index (χ0n) is 18.5. The van der Waals surface area contributed by atoms with E-state index in [0.717, 1.165) is 23.7 Å². The van der Waals surface area contributed by atoms with Crippen LogP contribution < -0.4 is 5.32 Å². The van der Waals surface area contributed by atoms with Crippen LogP contribution in [0.4, 0.5) is 0 Å². The van der Waals surface area contributed by atoms with Crippen molar-refractivity contribution in [3.63, 3.8) is 0 Å². The minimum Gasteiger partial charge on any atom is -0.349 e. The highest BCUT2D eigenvalue weighted by molar-refractivity contribution is 7.99. The molecule has 1 saturated heterocycles. The number of hydrogen-bond acceptors (Lipinski definition) is 4. The SMILES string of the molecule is Cc1cc(C)cc(-n2ccnc2SCC(=O)N2CCC(NC(=O)c3ccccc3)CC2)c1. The molecule has 0 unspecified atom stereocenters. The summed E-state index contributed by atoms with van der Waals surface area (Å²) in [5, 5.41) is 3.90. The zero-order valence-corrected chi connectivity index (χ0v) is 19.3. The molecule has 166 valence electrons. The Morgan fingerprint density at radius 3 is 2.44 bits per heavy atom. The van der Waals surface area contributed by atoms with E-state index in [-0.39, 0.29) is 17.9 Å². The molecule has 4 rings (SSSR count). The molecule has 1 aromatic heterocycles. The van der Waals surface area contributed by atoms with Crippen LogP contribution in [0.5, 0.6) is 0 Å². The van der Waals surface area contributed by atoms with Gasteiger partial charge in [0.05, 0.1) is 5.75 Å². The van der Waals surface area contributed by atoms with Crippen LogP contribution >= 0.6 is 11.8 Å². The number of amides is 2. The molecule has 0 radical (unpaired) electrons. The van der Waals surface area contributed by atoms with Crippen LogP contribution in [0.1, 0.15) is 34.3 Å². The average Bonchev–Trinajstić information content (AvgIpc) is 3.27. The Labute approximate surface area is 193 Å². The lowest BCUT2D eigenvalue weighted by molar-refractivity contribution is -0.129. The smallest absolute Gasteiger partial charge is 0.251 e. The number of carbonyl (C=O) groups is 2. The maximum Gasteiger partial charge on any atom is 0.251 e. The molecule has 0 spiro atoms. The molecule has 1 aliphatic rings. The second-order valence-electron chi connectivity index (χ2n) is 8.21. The lowest BCUT2D eigenvalue weighted by atomic mass is 10.0. The molecule has 2 heterocycles. The van der Waals surface area contributed by atoms with Crippen LogP contribution in [-0.2, 0) is 4.79 Å². The third-order valence-corrected chi connectivity index (χ3v) is 6.59. The number of piperidine rings is 1. The van der Waals surface area contributed by atoms with Crippen LogP contribution in [0.15, 0.2) is 66.1 Å². The molecule has 1 N–H and O–H groups in total. The third kappa shape index (κ3) is 5.40. The van der Waals surface area contributed by atoms with Crippen molar-refractivity contribution < 1.29 is 9.59 Å².